The summed E-state index contributed by atoms with van der Waals surface area (Å²) in [7, 11) is -4.24. The number of fused-ring (bicyclic) bond motifs is 1. The summed E-state index contributed by atoms with van der Waals surface area (Å²) in [6, 6.07) is 9.12. The number of hydrogen-bond donors (Lipinski definition) is 2. The van der Waals surface area contributed by atoms with Crippen LogP contribution in [-0.4, -0.2) is 24.1 Å². The van der Waals surface area contributed by atoms with E-state index in [2.05, 4.69) is 10.4 Å². The second kappa shape index (κ2) is 7.22. The highest BCUT2D eigenvalue weighted by molar-refractivity contribution is 7.89. The number of halogens is 3. The van der Waals surface area contributed by atoms with E-state index in [0.29, 0.717) is 15.3 Å². The fraction of sp³-hybridized carbons (Fsp3) is 0.125. The van der Waals surface area contributed by atoms with Gasteiger partial charge >= 0.3 is 6.55 Å². The molecular formula is C16H13ClF2N4O3S. The molecule has 0 spiro atoms. The number of anilines is 1. The van der Waals surface area contributed by atoms with Crippen LogP contribution in [0, 0.1) is 0 Å². The first-order chi connectivity index (χ1) is 12.6. The Bertz CT molecular complexity index is 1130. The molecule has 1 aromatic heterocycles. The number of carbonyl (C=O) groups excluding carboxylic acids is 1. The molecule has 27 heavy (non-hydrogen) atoms. The van der Waals surface area contributed by atoms with Crippen molar-refractivity contribution in [2.75, 3.05) is 5.32 Å². The van der Waals surface area contributed by atoms with E-state index in [1.165, 1.54) is 6.07 Å². The molecule has 0 bridgehead atoms. The highest BCUT2D eigenvalue weighted by atomic mass is 35.5. The van der Waals surface area contributed by atoms with Gasteiger partial charge in [-0.3, -0.25) is 4.79 Å². The van der Waals surface area contributed by atoms with Gasteiger partial charge in [-0.1, -0.05) is 29.8 Å². The Morgan fingerprint density at radius 1 is 1.30 bits per heavy atom. The van der Waals surface area contributed by atoms with Gasteiger partial charge in [0.05, 0.1) is 16.8 Å². The lowest BCUT2D eigenvalue weighted by atomic mass is 10.1. The van der Waals surface area contributed by atoms with Crippen molar-refractivity contribution in [2.24, 2.45) is 5.14 Å². The van der Waals surface area contributed by atoms with Crippen LogP contribution in [0.5, 0.6) is 0 Å². The minimum atomic E-state index is -4.24. The molecule has 1 heterocycles. The van der Waals surface area contributed by atoms with E-state index in [9.17, 15) is 22.0 Å². The van der Waals surface area contributed by atoms with E-state index in [1.807, 2.05) is 0 Å². The largest absolute Gasteiger partial charge is 0.333 e. The third-order valence-electron chi connectivity index (χ3n) is 3.70. The number of nitrogens with zero attached hydrogens (tertiary/aromatic N) is 2. The Morgan fingerprint density at radius 2 is 2.00 bits per heavy atom. The van der Waals surface area contributed by atoms with E-state index < -0.39 is 27.4 Å². The summed E-state index contributed by atoms with van der Waals surface area (Å²) in [6.45, 7) is -2.95. The normalized spacial score (nSPS) is 11.9. The topological polar surface area (TPSA) is 107 Å². The maximum atomic E-state index is 12.9. The number of hydrogen-bond acceptors (Lipinski definition) is 4. The third kappa shape index (κ3) is 4.24. The molecule has 0 aliphatic rings. The number of nitrogens with one attached hydrogen (secondary N) is 1. The van der Waals surface area contributed by atoms with Crippen molar-refractivity contribution in [1.82, 2.24) is 9.78 Å². The van der Waals surface area contributed by atoms with Crippen molar-refractivity contribution >= 4 is 44.1 Å². The predicted molar refractivity (Wildman–Crippen MR) is 96.1 cm³/mol. The number of amides is 1. The Balaban J connectivity index is 1.97. The molecule has 2 aromatic carbocycles. The molecule has 0 unspecified atom stereocenters. The number of sulfonamides is 1. The van der Waals surface area contributed by atoms with Crippen LogP contribution >= 0.6 is 11.6 Å². The molecule has 0 aliphatic carbocycles. The second-order valence-electron chi connectivity index (χ2n) is 5.66. The number of aromatic nitrogens is 2. The first kappa shape index (κ1) is 19.2. The fourth-order valence-corrected chi connectivity index (χ4v) is 3.50. The molecule has 0 fully saturated rings. The number of rotatable bonds is 5. The molecule has 3 aromatic rings. The molecule has 0 saturated heterocycles. The van der Waals surface area contributed by atoms with Crippen LogP contribution in [0.1, 0.15) is 12.1 Å². The number of nitrogens with two attached hydrogens (primary N) is 1. The van der Waals surface area contributed by atoms with Crippen molar-refractivity contribution in [1.29, 1.82) is 0 Å². The number of primary sulfonamides is 1. The highest BCUT2D eigenvalue weighted by Crippen LogP contribution is 2.28. The van der Waals surface area contributed by atoms with Gasteiger partial charge in [-0.15, -0.1) is 0 Å². The van der Waals surface area contributed by atoms with Crippen LogP contribution in [0.3, 0.4) is 0 Å². The summed E-state index contributed by atoms with van der Waals surface area (Å²) in [4.78, 5) is 11.8. The second-order valence-corrected chi connectivity index (χ2v) is 7.59. The van der Waals surface area contributed by atoms with Gasteiger partial charge < -0.3 is 5.32 Å². The van der Waals surface area contributed by atoms with Gasteiger partial charge in [-0.05, 0) is 23.8 Å². The van der Waals surface area contributed by atoms with Gasteiger partial charge in [0.15, 0.2) is 0 Å². The summed E-state index contributed by atoms with van der Waals surface area (Å²) in [6.07, 6.45) is 0.822. The molecular weight excluding hydrogens is 402 g/mol. The maximum Gasteiger partial charge on any atom is 0.333 e. The van der Waals surface area contributed by atoms with Crippen molar-refractivity contribution in [3.05, 3.63) is 53.2 Å². The minimum absolute atomic E-state index is 0.0464. The van der Waals surface area contributed by atoms with Gasteiger partial charge in [-0.2, -0.15) is 13.9 Å². The molecule has 0 atom stereocenters. The first-order valence-electron chi connectivity index (χ1n) is 7.52. The van der Waals surface area contributed by atoms with E-state index in [-0.39, 0.29) is 23.0 Å². The van der Waals surface area contributed by atoms with E-state index in [1.54, 1.807) is 24.3 Å². The Hall–Kier alpha value is -2.56. The number of alkyl halides is 2. The van der Waals surface area contributed by atoms with Gasteiger partial charge in [0.25, 0.3) is 0 Å². The average Bonchev–Trinajstić information content (AvgIpc) is 2.99. The van der Waals surface area contributed by atoms with Gasteiger partial charge in [0.1, 0.15) is 0 Å². The summed E-state index contributed by atoms with van der Waals surface area (Å²) < 4.78 is 49.7. The quantitative estimate of drug-likeness (QED) is 0.669. The third-order valence-corrected chi connectivity index (χ3v) is 5.02. The monoisotopic (exact) mass is 414 g/mol. The van der Waals surface area contributed by atoms with Crippen molar-refractivity contribution < 1.29 is 22.0 Å². The summed E-state index contributed by atoms with van der Waals surface area (Å²) in [5, 5.41) is 11.6. The molecule has 0 aliphatic heterocycles. The van der Waals surface area contributed by atoms with Crippen LogP contribution in [-0.2, 0) is 21.2 Å². The highest BCUT2D eigenvalue weighted by Gasteiger charge is 2.20. The summed E-state index contributed by atoms with van der Waals surface area (Å²) in [5.41, 5.74) is 0.587. The van der Waals surface area contributed by atoms with Gasteiger partial charge in [0.2, 0.25) is 15.9 Å². The SMILES string of the molecule is NS(=O)(=O)c1cc(NC(=O)Cc2ccccc2Cl)cc2nn(C(F)F)cc12. The maximum absolute atomic E-state index is 12.9. The molecule has 3 rings (SSSR count). The molecule has 0 saturated carbocycles. The molecule has 11 heteroatoms. The summed E-state index contributed by atoms with van der Waals surface area (Å²) in [5.74, 6) is -0.476. The molecule has 1 amide bonds. The van der Waals surface area contributed by atoms with Crippen LogP contribution in [0.4, 0.5) is 14.5 Å². The lowest BCUT2D eigenvalue weighted by Gasteiger charge is -2.08. The van der Waals surface area contributed by atoms with Crippen LogP contribution in [0.2, 0.25) is 5.02 Å². The van der Waals surface area contributed by atoms with E-state index in [0.717, 1.165) is 12.3 Å². The first-order valence-corrected chi connectivity index (χ1v) is 9.44. The van der Waals surface area contributed by atoms with Crippen molar-refractivity contribution in [3.63, 3.8) is 0 Å². The minimum Gasteiger partial charge on any atom is -0.326 e. The molecule has 0 radical (unpaired) electrons. The fourth-order valence-electron chi connectivity index (χ4n) is 2.54. The Morgan fingerprint density at radius 3 is 2.63 bits per heavy atom. The van der Waals surface area contributed by atoms with Crippen LogP contribution in [0.15, 0.2) is 47.5 Å². The lowest BCUT2D eigenvalue weighted by Crippen LogP contribution is -2.16. The van der Waals surface area contributed by atoms with Crippen molar-refractivity contribution in [2.45, 2.75) is 17.9 Å². The van der Waals surface area contributed by atoms with E-state index in [4.69, 9.17) is 16.7 Å². The predicted octanol–water partition coefficient (Wildman–Crippen LogP) is 2.91. The Labute approximate surface area is 157 Å². The van der Waals surface area contributed by atoms with Gasteiger partial charge in [0, 0.05) is 22.3 Å². The summed E-state index contributed by atoms with van der Waals surface area (Å²) >= 11 is 6.01. The number of carbonyl (C=O) groups is 1. The van der Waals surface area contributed by atoms with Crippen molar-refractivity contribution in [3.8, 4) is 0 Å². The zero-order valence-corrected chi connectivity index (χ0v) is 15.1. The standard InChI is InChI=1S/C16H13ClF2N4O3S/c17-12-4-2-1-3-9(12)5-15(24)21-10-6-13-11(8-23(22-13)16(18)19)14(7-10)27(20,25)26/h1-4,6-8,16H,5H2,(H,21,24)(H2,20,25,26). The lowest BCUT2D eigenvalue weighted by molar-refractivity contribution is -0.115. The zero-order chi connectivity index (χ0) is 19.8. The van der Waals surface area contributed by atoms with Crippen LogP contribution < -0.4 is 10.5 Å². The smallest absolute Gasteiger partial charge is 0.326 e. The van der Waals surface area contributed by atoms with E-state index >= 15 is 0 Å². The average molecular weight is 415 g/mol. The Kier molecular flexibility index (Phi) is 5.13. The molecule has 3 N–H and O–H groups in total. The van der Waals surface area contributed by atoms with Crippen LogP contribution in [0.25, 0.3) is 10.9 Å². The van der Waals surface area contributed by atoms with Gasteiger partial charge in [-0.25, -0.2) is 18.2 Å². The zero-order valence-electron chi connectivity index (χ0n) is 13.6. The molecule has 142 valence electrons. The number of benzene rings is 2. The molecule has 7 nitrogen and oxygen atoms in total.